The minimum Gasteiger partial charge on any atom is -0.455 e. The first-order chi connectivity index (χ1) is 9.13. The van der Waals surface area contributed by atoms with Crippen molar-refractivity contribution in [3.63, 3.8) is 0 Å². The first kappa shape index (κ1) is 13.2. The molecule has 0 aliphatic rings. The maximum absolute atomic E-state index is 5.90. The fourth-order valence-electron chi connectivity index (χ4n) is 1.84. The molecule has 3 aromatic rings. The number of H-pyrrole nitrogens is 1. The highest BCUT2D eigenvalue weighted by atomic mass is 79.9. The van der Waals surface area contributed by atoms with E-state index in [2.05, 4.69) is 52.8 Å². The normalized spacial score (nSPS) is 10.9. The van der Waals surface area contributed by atoms with Gasteiger partial charge in [0.2, 0.25) is 0 Å². The Bertz CT molecular complexity index is 734. The fourth-order valence-corrected chi connectivity index (χ4v) is 3.45. The topological polar surface area (TPSA) is 25.0 Å². The molecule has 1 N–H and O–H groups in total. The minimum atomic E-state index is 0.805. The summed E-state index contributed by atoms with van der Waals surface area (Å²) in [7, 11) is 0. The zero-order valence-electron chi connectivity index (χ0n) is 9.58. The van der Waals surface area contributed by atoms with Gasteiger partial charge in [0.05, 0.1) is 5.52 Å². The summed E-state index contributed by atoms with van der Waals surface area (Å²) in [5.41, 5.74) is 1.02. The van der Waals surface area contributed by atoms with Gasteiger partial charge < -0.3 is 9.72 Å². The van der Waals surface area contributed by atoms with E-state index >= 15 is 0 Å². The van der Waals surface area contributed by atoms with Crippen LogP contribution in [0.3, 0.4) is 0 Å². The van der Waals surface area contributed by atoms with E-state index in [4.69, 9.17) is 4.74 Å². The SMILES string of the molecule is Brc1ccc(Oc2c[nH]c3c(Br)cc(Br)cc23)cc1. The lowest BCUT2D eigenvalue weighted by atomic mass is 10.2. The fraction of sp³-hybridized carbons (Fsp3) is 0. The molecule has 0 spiro atoms. The molecule has 0 aliphatic carbocycles. The highest BCUT2D eigenvalue weighted by Gasteiger charge is 2.09. The lowest BCUT2D eigenvalue weighted by Gasteiger charge is -2.04. The van der Waals surface area contributed by atoms with Crippen molar-refractivity contribution in [3.8, 4) is 11.5 Å². The molecule has 0 atom stereocenters. The van der Waals surface area contributed by atoms with Crippen LogP contribution in [0, 0.1) is 0 Å². The average Bonchev–Trinajstić information content (AvgIpc) is 2.76. The van der Waals surface area contributed by atoms with Crippen molar-refractivity contribution < 1.29 is 4.74 Å². The number of nitrogens with one attached hydrogen (secondary N) is 1. The summed E-state index contributed by atoms with van der Waals surface area (Å²) in [6.07, 6.45) is 1.86. The minimum absolute atomic E-state index is 0.805. The highest BCUT2D eigenvalue weighted by molar-refractivity contribution is 9.11. The number of fused-ring (bicyclic) bond motifs is 1. The molecular weight excluding hydrogens is 438 g/mol. The molecule has 19 heavy (non-hydrogen) atoms. The summed E-state index contributed by atoms with van der Waals surface area (Å²) in [5.74, 6) is 1.61. The van der Waals surface area contributed by atoms with Gasteiger partial charge in [0.25, 0.3) is 0 Å². The van der Waals surface area contributed by atoms with Crippen LogP contribution in [0.1, 0.15) is 0 Å². The van der Waals surface area contributed by atoms with E-state index < -0.39 is 0 Å². The standard InChI is InChI=1S/C14H8Br3NO/c15-8-1-3-10(4-2-8)19-13-7-18-14-11(13)5-9(16)6-12(14)17/h1-7,18H. The molecule has 2 nitrogen and oxygen atoms in total. The number of aromatic nitrogens is 1. The van der Waals surface area contributed by atoms with Gasteiger partial charge in [-0.15, -0.1) is 0 Å². The van der Waals surface area contributed by atoms with Gasteiger partial charge in [-0.05, 0) is 52.3 Å². The van der Waals surface area contributed by atoms with Crippen molar-refractivity contribution in [2.75, 3.05) is 0 Å². The quantitative estimate of drug-likeness (QED) is 0.495. The van der Waals surface area contributed by atoms with Gasteiger partial charge >= 0.3 is 0 Å². The maximum Gasteiger partial charge on any atom is 0.152 e. The molecule has 0 bridgehead atoms. The predicted octanol–water partition coefficient (Wildman–Crippen LogP) is 6.25. The monoisotopic (exact) mass is 443 g/mol. The first-order valence-electron chi connectivity index (χ1n) is 5.53. The molecule has 1 heterocycles. The second-order valence-corrected chi connectivity index (χ2v) is 6.70. The highest BCUT2D eigenvalue weighted by Crippen LogP contribution is 2.36. The number of hydrogen-bond donors (Lipinski definition) is 1. The van der Waals surface area contributed by atoms with Gasteiger partial charge in [-0.3, -0.25) is 0 Å². The summed E-state index contributed by atoms with van der Waals surface area (Å²) in [6, 6.07) is 11.8. The molecule has 3 rings (SSSR count). The number of aromatic amines is 1. The van der Waals surface area contributed by atoms with Crippen LogP contribution in [0.15, 0.2) is 56.0 Å². The van der Waals surface area contributed by atoms with Crippen LogP contribution in [-0.2, 0) is 0 Å². The van der Waals surface area contributed by atoms with Crippen LogP contribution in [-0.4, -0.2) is 4.98 Å². The van der Waals surface area contributed by atoms with Gasteiger partial charge in [0.1, 0.15) is 5.75 Å². The molecule has 96 valence electrons. The maximum atomic E-state index is 5.90. The van der Waals surface area contributed by atoms with Crippen LogP contribution >= 0.6 is 47.8 Å². The third kappa shape index (κ3) is 2.73. The Labute approximate surface area is 135 Å². The van der Waals surface area contributed by atoms with E-state index in [-0.39, 0.29) is 0 Å². The van der Waals surface area contributed by atoms with Crippen molar-refractivity contribution in [3.05, 3.63) is 56.0 Å². The summed E-state index contributed by atoms with van der Waals surface area (Å²) >= 11 is 10.4. The Morgan fingerprint density at radius 3 is 2.37 bits per heavy atom. The van der Waals surface area contributed by atoms with Gasteiger partial charge in [-0.25, -0.2) is 0 Å². The lowest BCUT2D eigenvalue weighted by molar-refractivity contribution is 0.488. The number of halogens is 3. The molecule has 0 unspecified atom stereocenters. The molecule has 0 saturated heterocycles. The van der Waals surface area contributed by atoms with Gasteiger partial charge in [0.15, 0.2) is 5.75 Å². The summed E-state index contributed by atoms with van der Waals surface area (Å²) < 4.78 is 8.94. The number of rotatable bonds is 2. The Hall–Kier alpha value is -0.780. The second kappa shape index (κ2) is 5.31. The van der Waals surface area contributed by atoms with Crippen LogP contribution in [0.4, 0.5) is 0 Å². The van der Waals surface area contributed by atoms with E-state index in [9.17, 15) is 0 Å². The van der Waals surface area contributed by atoms with Crippen molar-refractivity contribution >= 4 is 58.7 Å². The average molecular weight is 446 g/mol. The summed E-state index contributed by atoms with van der Waals surface area (Å²) in [6.45, 7) is 0. The Balaban J connectivity index is 2.03. The second-order valence-electron chi connectivity index (χ2n) is 4.02. The largest absolute Gasteiger partial charge is 0.455 e. The predicted molar refractivity (Wildman–Crippen MR) is 87.9 cm³/mol. The van der Waals surface area contributed by atoms with Crippen molar-refractivity contribution in [1.82, 2.24) is 4.98 Å². The molecule has 0 saturated carbocycles. The van der Waals surface area contributed by atoms with Crippen LogP contribution in [0.5, 0.6) is 11.5 Å². The molecule has 0 amide bonds. The third-order valence-electron chi connectivity index (χ3n) is 2.71. The van der Waals surface area contributed by atoms with Gasteiger partial charge in [0, 0.05) is 25.0 Å². The number of hydrogen-bond acceptors (Lipinski definition) is 1. The zero-order chi connectivity index (χ0) is 13.4. The number of ether oxygens (including phenoxy) is 1. The molecule has 5 heteroatoms. The first-order valence-corrected chi connectivity index (χ1v) is 7.91. The molecule has 0 fully saturated rings. The van der Waals surface area contributed by atoms with Crippen LogP contribution in [0.2, 0.25) is 0 Å². The molecule has 1 aromatic heterocycles. The Morgan fingerprint density at radius 1 is 0.895 bits per heavy atom. The van der Waals surface area contributed by atoms with E-state index in [0.717, 1.165) is 35.8 Å². The molecule has 0 radical (unpaired) electrons. The molecule has 0 aliphatic heterocycles. The Morgan fingerprint density at radius 2 is 1.63 bits per heavy atom. The number of benzene rings is 2. The van der Waals surface area contributed by atoms with E-state index in [0.29, 0.717) is 0 Å². The van der Waals surface area contributed by atoms with Crippen molar-refractivity contribution in [2.24, 2.45) is 0 Å². The van der Waals surface area contributed by atoms with Crippen LogP contribution < -0.4 is 4.74 Å². The zero-order valence-corrected chi connectivity index (χ0v) is 14.3. The third-order valence-corrected chi connectivity index (χ3v) is 4.32. The summed E-state index contributed by atoms with van der Waals surface area (Å²) in [5, 5.41) is 1.03. The smallest absolute Gasteiger partial charge is 0.152 e. The van der Waals surface area contributed by atoms with Gasteiger partial charge in [-0.1, -0.05) is 31.9 Å². The van der Waals surface area contributed by atoms with Gasteiger partial charge in [-0.2, -0.15) is 0 Å². The Kier molecular flexibility index (Phi) is 3.69. The van der Waals surface area contributed by atoms with E-state index in [1.54, 1.807) is 0 Å². The summed E-state index contributed by atoms with van der Waals surface area (Å²) in [4.78, 5) is 3.21. The molecule has 2 aromatic carbocycles. The van der Waals surface area contributed by atoms with Crippen molar-refractivity contribution in [1.29, 1.82) is 0 Å². The van der Waals surface area contributed by atoms with E-state index in [1.807, 2.05) is 42.6 Å². The lowest BCUT2D eigenvalue weighted by Crippen LogP contribution is -1.82. The van der Waals surface area contributed by atoms with E-state index in [1.165, 1.54) is 0 Å². The van der Waals surface area contributed by atoms with Crippen molar-refractivity contribution in [2.45, 2.75) is 0 Å². The van der Waals surface area contributed by atoms with Crippen LogP contribution in [0.25, 0.3) is 10.9 Å². The molecular formula is C14H8Br3NO.